The first-order chi connectivity index (χ1) is 9.37. The predicted molar refractivity (Wildman–Crippen MR) is 75.4 cm³/mol. The number of rotatable bonds is 8. The summed E-state index contributed by atoms with van der Waals surface area (Å²) in [7, 11) is 0. The molecule has 7 nitrogen and oxygen atoms in total. The van der Waals surface area contributed by atoms with E-state index in [1.807, 2.05) is 20.8 Å². The molecule has 0 radical (unpaired) electrons. The van der Waals surface area contributed by atoms with Crippen molar-refractivity contribution in [3.8, 4) is 0 Å². The Morgan fingerprint density at radius 2 is 1.65 bits per heavy atom. The third-order valence-electron chi connectivity index (χ3n) is 2.89. The number of aliphatic carboxylic acids is 1. The molecule has 7 heteroatoms. The fourth-order valence-corrected chi connectivity index (χ4v) is 1.83. The van der Waals surface area contributed by atoms with E-state index in [4.69, 9.17) is 5.11 Å². The van der Waals surface area contributed by atoms with E-state index in [0.717, 1.165) is 0 Å². The molecule has 0 aliphatic heterocycles. The van der Waals surface area contributed by atoms with Crippen molar-refractivity contribution in [2.75, 3.05) is 26.2 Å². The van der Waals surface area contributed by atoms with E-state index in [1.54, 1.807) is 11.8 Å². The first-order valence-corrected chi connectivity index (χ1v) is 6.93. The van der Waals surface area contributed by atoms with Crippen molar-refractivity contribution in [1.29, 1.82) is 0 Å². The molecule has 0 aromatic heterocycles. The number of nitrogens with one attached hydrogen (secondary N) is 1. The van der Waals surface area contributed by atoms with E-state index in [1.165, 1.54) is 4.90 Å². The van der Waals surface area contributed by atoms with Gasteiger partial charge in [-0.3, -0.25) is 9.59 Å². The van der Waals surface area contributed by atoms with Crippen LogP contribution < -0.4 is 5.32 Å². The Labute approximate surface area is 119 Å². The molecule has 0 saturated carbocycles. The van der Waals surface area contributed by atoms with Crippen LogP contribution in [0.25, 0.3) is 0 Å². The maximum absolute atomic E-state index is 12.0. The quantitative estimate of drug-likeness (QED) is 0.689. The Balaban J connectivity index is 4.61. The molecule has 0 saturated heterocycles. The highest BCUT2D eigenvalue weighted by molar-refractivity contribution is 5.87. The van der Waals surface area contributed by atoms with Gasteiger partial charge < -0.3 is 20.2 Å². The van der Waals surface area contributed by atoms with E-state index in [-0.39, 0.29) is 12.5 Å². The van der Waals surface area contributed by atoms with Crippen LogP contribution in [-0.2, 0) is 9.59 Å². The zero-order chi connectivity index (χ0) is 15.7. The summed E-state index contributed by atoms with van der Waals surface area (Å²) >= 11 is 0. The van der Waals surface area contributed by atoms with Gasteiger partial charge in [0.1, 0.15) is 12.6 Å². The Bertz CT molecular complexity index is 343. The second-order valence-electron chi connectivity index (χ2n) is 4.50. The zero-order valence-electron chi connectivity index (χ0n) is 12.7. The van der Waals surface area contributed by atoms with Crippen LogP contribution in [0.3, 0.4) is 0 Å². The number of likely N-dealkylation sites (N-methyl/N-ethyl adjacent to an activating group) is 1. The highest BCUT2D eigenvalue weighted by Gasteiger charge is 2.23. The number of nitrogens with zero attached hydrogens (tertiary/aromatic N) is 2. The van der Waals surface area contributed by atoms with Gasteiger partial charge in [-0.2, -0.15) is 0 Å². The van der Waals surface area contributed by atoms with Crippen molar-refractivity contribution in [3.63, 3.8) is 0 Å². The van der Waals surface area contributed by atoms with Crippen LogP contribution in [0.4, 0.5) is 4.79 Å². The third-order valence-corrected chi connectivity index (χ3v) is 2.89. The van der Waals surface area contributed by atoms with Crippen molar-refractivity contribution in [1.82, 2.24) is 15.1 Å². The lowest BCUT2D eigenvalue weighted by Crippen LogP contribution is -2.52. The van der Waals surface area contributed by atoms with E-state index < -0.39 is 18.0 Å². The molecular formula is C13H25N3O4. The van der Waals surface area contributed by atoms with Crippen LogP contribution in [0.15, 0.2) is 0 Å². The van der Waals surface area contributed by atoms with Crippen LogP contribution >= 0.6 is 0 Å². The summed E-state index contributed by atoms with van der Waals surface area (Å²) in [5.74, 6) is -1.24. The number of hydrogen-bond acceptors (Lipinski definition) is 3. The molecular weight excluding hydrogens is 262 g/mol. The summed E-state index contributed by atoms with van der Waals surface area (Å²) in [6, 6.07) is -1.20. The Morgan fingerprint density at radius 1 is 1.10 bits per heavy atom. The SMILES string of the molecule is CCCN(CC(=O)O)C(=O)NC(C)C(=O)N(CC)CC. The zero-order valence-corrected chi connectivity index (χ0v) is 12.7. The molecule has 20 heavy (non-hydrogen) atoms. The van der Waals surface area contributed by atoms with Crippen LogP contribution in [0.2, 0.25) is 0 Å². The third kappa shape index (κ3) is 5.90. The van der Waals surface area contributed by atoms with Gasteiger partial charge in [-0.15, -0.1) is 0 Å². The van der Waals surface area contributed by atoms with Gasteiger partial charge in [-0.05, 0) is 27.2 Å². The van der Waals surface area contributed by atoms with Crippen molar-refractivity contribution < 1.29 is 19.5 Å². The van der Waals surface area contributed by atoms with Crippen molar-refractivity contribution in [3.05, 3.63) is 0 Å². The van der Waals surface area contributed by atoms with Gasteiger partial charge in [-0.25, -0.2) is 4.79 Å². The number of carbonyl (C=O) groups excluding carboxylic acids is 2. The molecule has 0 aliphatic carbocycles. The second-order valence-corrected chi connectivity index (χ2v) is 4.50. The fraction of sp³-hybridized carbons (Fsp3) is 0.769. The minimum atomic E-state index is -1.07. The summed E-state index contributed by atoms with van der Waals surface area (Å²) in [6.07, 6.45) is 0.652. The van der Waals surface area contributed by atoms with Crippen LogP contribution in [-0.4, -0.2) is 65.0 Å². The summed E-state index contributed by atoms with van der Waals surface area (Å²) in [6.45, 7) is 8.30. The van der Waals surface area contributed by atoms with Crippen molar-refractivity contribution in [2.45, 2.75) is 40.2 Å². The lowest BCUT2D eigenvalue weighted by atomic mass is 10.3. The molecule has 0 bridgehead atoms. The average Bonchev–Trinajstić information content (AvgIpc) is 2.38. The Hall–Kier alpha value is -1.79. The summed E-state index contributed by atoms with van der Waals surface area (Å²) in [4.78, 5) is 37.5. The van der Waals surface area contributed by atoms with Crippen LogP contribution in [0.5, 0.6) is 0 Å². The first-order valence-electron chi connectivity index (χ1n) is 6.93. The minimum absolute atomic E-state index is 0.171. The number of carboxylic acids is 1. The van der Waals surface area contributed by atoms with Gasteiger partial charge in [-0.1, -0.05) is 6.92 Å². The van der Waals surface area contributed by atoms with Gasteiger partial charge in [0.25, 0.3) is 0 Å². The number of hydrogen-bond donors (Lipinski definition) is 2. The number of amides is 3. The summed E-state index contributed by atoms with van der Waals surface area (Å²) in [5, 5.41) is 11.3. The number of carboxylic acid groups (broad SMARTS) is 1. The average molecular weight is 287 g/mol. The summed E-state index contributed by atoms with van der Waals surface area (Å²) < 4.78 is 0. The van der Waals surface area contributed by atoms with Gasteiger partial charge in [0.05, 0.1) is 0 Å². The topological polar surface area (TPSA) is 90.0 Å². The number of urea groups is 1. The Kier molecular flexibility index (Phi) is 8.35. The molecule has 0 rings (SSSR count). The molecule has 3 amide bonds. The molecule has 1 unspecified atom stereocenters. The normalized spacial score (nSPS) is 11.6. The van der Waals surface area contributed by atoms with E-state index >= 15 is 0 Å². The smallest absolute Gasteiger partial charge is 0.323 e. The fourth-order valence-electron chi connectivity index (χ4n) is 1.83. The molecule has 0 aliphatic rings. The largest absolute Gasteiger partial charge is 0.480 e. The molecule has 0 aromatic carbocycles. The molecule has 0 fully saturated rings. The second kappa shape index (κ2) is 9.17. The maximum atomic E-state index is 12.0. The lowest BCUT2D eigenvalue weighted by Gasteiger charge is -2.26. The van der Waals surface area contributed by atoms with Gasteiger partial charge >= 0.3 is 12.0 Å². The molecule has 116 valence electrons. The van der Waals surface area contributed by atoms with Gasteiger partial charge in [0.15, 0.2) is 0 Å². The van der Waals surface area contributed by atoms with Crippen LogP contribution in [0, 0.1) is 0 Å². The molecule has 0 heterocycles. The maximum Gasteiger partial charge on any atom is 0.323 e. The lowest BCUT2D eigenvalue weighted by molar-refractivity contribution is -0.137. The van der Waals surface area contributed by atoms with Gasteiger partial charge in [0.2, 0.25) is 5.91 Å². The predicted octanol–water partition coefficient (Wildman–Crippen LogP) is 0.750. The number of carbonyl (C=O) groups is 3. The van der Waals surface area contributed by atoms with E-state index in [9.17, 15) is 14.4 Å². The molecule has 1 atom stereocenters. The molecule has 2 N–H and O–H groups in total. The first kappa shape index (κ1) is 18.2. The van der Waals surface area contributed by atoms with E-state index in [0.29, 0.717) is 26.1 Å². The Morgan fingerprint density at radius 3 is 2.05 bits per heavy atom. The van der Waals surface area contributed by atoms with Crippen LogP contribution in [0.1, 0.15) is 34.1 Å². The highest BCUT2D eigenvalue weighted by atomic mass is 16.4. The standard InChI is InChI=1S/C13H25N3O4/c1-5-8-16(9-11(17)18)13(20)14-10(4)12(19)15(6-2)7-3/h10H,5-9H2,1-4H3,(H,14,20)(H,17,18). The summed E-state index contributed by atoms with van der Waals surface area (Å²) in [5.41, 5.74) is 0. The minimum Gasteiger partial charge on any atom is -0.480 e. The van der Waals surface area contributed by atoms with Crippen molar-refractivity contribution >= 4 is 17.9 Å². The highest BCUT2D eigenvalue weighted by Crippen LogP contribution is 1.98. The van der Waals surface area contributed by atoms with Crippen molar-refractivity contribution in [2.24, 2.45) is 0 Å². The monoisotopic (exact) mass is 287 g/mol. The molecule has 0 aromatic rings. The molecule has 0 spiro atoms. The van der Waals surface area contributed by atoms with E-state index in [2.05, 4.69) is 5.32 Å². The van der Waals surface area contributed by atoms with Gasteiger partial charge in [0, 0.05) is 19.6 Å².